The average Bonchev–Trinajstić information content (AvgIpc) is 2.74. The summed E-state index contributed by atoms with van der Waals surface area (Å²) >= 11 is 0. The molecule has 4 nitrogen and oxygen atoms in total. The molecule has 0 N–H and O–H groups in total. The Morgan fingerprint density at radius 3 is 1.06 bits per heavy atom. The SMILES string of the molecule is C=Cc1cc(-c2cc(C=C)c(=C=O)c(=C=O)c2C(F)(F)F)c(C(F)(F)F)c(=C=O)c1=C=O. The maximum absolute atomic E-state index is 13.9. The van der Waals surface area contributed by atoms with Crippen molar-refractivity contribution >= 4 is 35.9 Å². The van der Waals surface area contributed by atoms with Gasteiger partial charge in [0.05, 0.1) is 32.0 Å². The summed E-state index contributed by atoms with van der Waals surface area (Å²) in [6.45, 7) is 6.53. The molecule has 2 aromatic rings. The van der Waals surface area contributed by atoms with Gasteiger partial charge in [0.2, 0.25) is 0 Å². The van der Waals surface area contributed by atoms with Gasteiger partial charge in [-0.15, -0.1) is 0 Å². The highest BCUT2D eigenvalue weighted by Gasteiger charge is 2.41. The molecular weight excluding hydrogens is 442 g/mol. The zero-order valence-corrected chi connectivity index (χ0v) is 15.6. The maximum Gasteiger partial charge on any atom is 0.418 e. The summed E-state index contributed by atoms with van der Waals surface area (Å²) in [4.78, 5) is 45.1. The van der Waals surface area contributed by atoms with Gasteiger partial charge in [-0.3, -0.25) is 0 Å². The Labute approximate surface area is 174 Å². The summed E-state index contributed by atoms with van der Waals surface area (Å²) in [6, 6.07) is 1.07. The van der Waals surface area contributed by atoms with Gasteiger partial charge in [-0.25, -0.2) is 19.2 Å². The van der Waals surface area contributed by atoms with E-state index in [0.717, 1.165) is 35.9 Å². The first-order valence-corrected chi connectivity index (χ1v) is 8.25. The summed E-state index contributed by atoms with van der Waals surface area (Å²) in [5.41, 5.74) is -7.16. The smallest absolute Gasteiger partial charge is 0.233 e. The molecule has 10 heteroatoms. The number of rotatable bonds is 3. The fourth-order valence-corrected chi connectivity index (χ4v) is 3.17. The minimum absolute atomic E-state index is 0.447. The molecule has 2 aromatic carbocycles. The lowest BCUT2D eigenvalue weighted by atomic mass is 9.88. The van der Waals surface area contributed by atoms with E-state index in [9.17, 15) is 45.5 Å². The van der Waals surface area contributed by atoms with Gasteiger partial charge in [0.25, 0.3) is 0 Å². The molecule has 0 aliphatic heterocycles. The lowest BCUT2D eigenvalue weighted by Crippen LogP contribution is -2.40. The molecule has 2 rings (SSSR count). The van der Waals surface area contributed by atoms with Gasteiger partial charge in [-0.1, -0.05) is 25.3 Å². The van der Waals surface area contributed by atoms with Gasteiger partial charge in [0.15, 0.2) is 0 Å². The summed E-state index contributed by atoms with van der Waals surface area (Å²) < 4.78 is 83.4. The molecule has 0 unspecified atom stereocenters. The second kappa shape index (κ2) is 8.52. The van der Waals surface area contributed by atoms with E-state index in [1.165, 1.54) is 0 Å². The number of halogens is 6. The summed E-state index contributed by atoms with van der Waals surface area (Å²) in [7, 11) is 0. The van der Waals surface area contributed by atoms with E-state index in [1.807, 2.05) is 0 Å². The van der Waals surface area contributed by atoms with Crippen LogP contribution in [-0.2, 0) is 31.5 Å². The molecule has 0 atom stereocenters. The molecular formula is C22H8F6O4. The van der Waals surface area contributed by atoms with Crippen LogP contribution in [0.3, 0.4) is 0 Å². The van der Waals surface area contributed by atoms with Crippen LogP contribution in [0, 0.1) is 0 Å². The minimum Gasteiger partial charge on any atom is -0.233 e. The number of hydrogen-bond acceptors (Lipinski definition) is 4. The van der Waals surface area contributed by atoms with Gasteiger partial charge in [0.1, 0.15) is 23.8 Å². The molecule has 0 radical (unpaired) electrons. The van der Waals surface area contributed by atoms with Crippen molar-refractivity contribution in [2.45, 2.75) is 12.4 Å². The molecule has 0 aliphatic carbocycles. The van der Waals surface area contributed by atoms with E-state index in [0.29, 0.717) is 12.1 Å². The summed E-state index contributed by atoms with van der Waals surface area (Å²) in [6.07, 6.45) is -9.23. The van der Waals surface area contributed by atoms with Gasteiger partial charge >= 0.3 is 12.4 Å². The van der Waals surface area contributed by atoms with E-state index in [-0.39, 0.29) is 0 Å². The van der Waals surface area contributed by atoms with Crippen molar-refractivity contribution in [1.82, 2.24) is 0 Å². The van der Waals surface area contributed by atoms with E-state index in [4.69, 9.17) is 0 Å². The number of carbonyl (C=O) groups excluding carboxylic acids is 4. The van der Waals surface area contributed by atoms with Crippen LogP contribution in [0.2, 0.25) is 0 Å². The lowest BCUT2D eigenvalue weighted by molar-refractivity contribution is -0.140. The zero-order valence-electron chi connectivity index (χ0n) is 15.6. The average molecular weight is 450 g/mol. The Morgan fingerprint density at radius 1 is 0.594 bits per heavy atom. The van der Waals surface area contributed by atoms with Crippen molar-refractivity contribution in [3.8, 4) is 11.1 Å². The van der Waals surface area contributed by atoms with Crippen molar-refractivity contribution < 1.29 is 45.5 Å². The maximum atomic E-state index is 13.9. The van der Waals surface area contributed by atoms with Gasteiger partial charge in [0, 0.05) is 0 Å². The first-order valence-electron chi connectivity index (χ1n) is 8.25. The van der Waals surface area contributed by atoms with Crippen LogP contribution in [-0.4, -0.2) is 23.8 Å². The predicted octanol–water partition coefficient (Wildman–Crippen LogP) is 0.690. The molecule has 0 saturated heterocycles. The normalized spacial score (nSPS) is 11.1. The first-order chi connectivity index (χ1) is 14.9. The molecule has 0 bridgehead atoms. The molecule has 0 amide bonds. The number of alkyl halides is 6. The predicted molar refractivity (Wildman–Crippen MR) is 99.8 cm³/mol. The van der Waals surface area contributed by atoms with Crippen LogP contribution in [0.1, 0.15) is 22.3 Å². The third kappa shape index (κ3) is 3.91. The molecule has 0 saturated carbocycles. The van der Waals surface area contributed by atoms with E-state index in [2.05, 4.69) is 13.2 Å². The highest BCUT2D eigenvalue weighted by molar-refractivity contribution is 5.81. The van der Waals surface area contributed by atoms with Crippen molar-refractivity contribution in [3.63, 3.8) is 0 Å². The van der Waals surface area contributed by atoms with Crippen LogP contribution in [0.4, 0.5) is 26.3 Å². The van der Waals surface area contributed by atoms with Gasteiger partial charge in [-0.05, 0) is 34.4 Å². The third-order valence-corrected chi connectivity index (χ3v) is 4.42. The van der Waals surface area contributed by atoms with E-state index >= 15 is 0 Å². The van der Waals surface area contributed by atoms with Crippen LogP contribution in [0.15, 0.2) is 25.3 Å². The fraction of sp³-hybridized carbons (Fsp3) is 0.0909. The Balaban J connectivity index is 3.53. The standard InChI is InChI=1S/C22H8F6O4/c1-3-11-5-13(19(21(23,24)25)17(9-31)15(11)7-29)14-6-12(4-2)16(8-30)18(10-32)20(14)22(26,27)28/h3-6H,1-2H2. The zero-order chi connectivity index (χ0) is 24.4. The Bertz CT molecular complexity index is 1380. The summed E-state index contributed by atoms with van der Waals surface area (Å²) in [5, 5.41) is -4.61. The molecule has 32 heavy (non-hydrogen) atoms. The first kappa shape index (κ1) is 24.1. The fourth-order valence-electron chi connectivity index (χ4n) is 3.17. The van der Waals surface area contributed by atoms with E-state index in [1.54, 1.807) is 0 Å². The van der Waals surface area contributed by atoms with Gasteiger partial charge < -0.3 is 0 Å². The highest BCUT2D eigenvalue weighted by atomic mass is 19.4. The third-order valence-electron chi connectivity index (χ3n) is 4.42. The quantitative estimate of drug-likeness (QED) is 0.646. The molecule has 0 spiro atoms. The largest absolute Gasteiger partial charge is 0.418 e. The second-order valence-electron chi connectivity index (χ2n) is 6.09. The van der Waals surface area contributed by atoms with Crippen molar-refractivity contribution in [2.75, 3.05) is 0 Å². The molecule has 0 fully saturated rings. The topological polar surface area (TPSA) is 68.3 Å². The van der Waals surface area contributed by atoms with Crippen molar-refractivity contribution in [2.24, 2.45) is 0 Å². The van der Waals surface area contributed by atoms with Crippen LogP contribution in [0.25, 0.3) is 23.3 Å². The van der Waals surface area contributed by atoms with Crippen LogP contribution in [0.5, 0.6) is 0 Å². The van der Waals surface area contributed by atoms with Crippen LogP contribution >= 0.6 is 0 Å². The van der Waals surface area contributed by atoms with E-state index < -0.39 is 66.6 Å². The molecule has 0 aromatic heterocycles. The minimum atomic E-state index is -5.44. The number of benzene rings is 2. The van der Waals surface area contributed by atoms with Crippen molar-refractivity contribution in [1.29, 1.82) is 0 Å². The van der Waals surface area contributed by atoms with Gasteiger partial charge in [-0.2, -0.15) is 26.3 Å². The summed E-state index contributed by atoms with van der Waals surface area (Å²) in [5.74, 6) is 4.11. The monoisotopic (exact) mass is 450 g/mol. The van der Waals surface area contributed by atoms with Crippen molar-refractivity contribution in [3.05, 3.63) is 68.4 Å². The number of hydrogen-bond donors (Lipinski definition) is 0. The van der Waals surface area contributed by atoms with Crippen LogP contribution < -0.4 is 20.9 Å². The molecule has 162 valence electrons. The Hall–Kier alpha value is -4.18. The highest BCUT2D eigenvalue weighted by Crippen LogP contribution is 2.40. The molecule has 0 heterocycles. The molecule has 0 aliphatic rings. The second-order valence-corrected chi connectivity index (χ2v) is 6.09. The Morgan fingerprint density at radius 2 is 0.875 bits per heavy atom. The Kier molecular flexibility index (Phi) is 6.41. The lowest BCUT2D eigenvalue weighted by Gasteiger charge is -2.19.